The first-order valence-electron chi connectivity index (χ1n) is 8.08. The molecule has 1 unspecified atom stereocenters. The number of hydrogen-bond donors (Lipinski definition) is 2. The molecule has 1 atom stereocenters. The minimum Gasteiger partial charge on any atom is -0.384 e. The molecule has 0 fully saturated rings. The molecule has 2 N–H and O–H groups in total. The Hall–Kier alpha value is -1.51. The summed E-state index contributed by atoms with van der Waals surface area (Å²) in [6.07, 6.45) is 0.836. The van der Waals surface area contributed by atoms with Crippen LogP contribution in [-0.4, -0.2) is 19.0 Å². The highest BCUT2D eigenvalue weighted by Gasteiger charge is 2.25. The van der Waals surface area contributed by atoms with E-state index in [4.69, 9.17) is 0 Å². The Bertz CT molecular complexity index is 474. The third kappa shape index (κ3) is 3.99. The standard InChI is InChI=1S/C18H28N2O/c1-12(2)16(13(3)4)11-20-18(21)15-9-14-7-5-6-8-17(14)19-10-15/h5-8,12-13,15-16,19H,9-11H2,1-4H3,(H,20,21). The quantitative estimate of drug-likeness (QED) is 0.872. The Morgan fingerprint density at radius 2 is 1.90 bits per heavy atom. The fourth-order valence-corrected chi connectivity index (χ4v) is 3.23. The van der Waals surface area contributed by atoms with Gasteiger partial charge in [0.1, 0.15) is 0 Å². The van der Waals surface area contributed by atoms with Gasteiger partial charge in [0, 0.05) is 18.8 Å². The molecule has 0 radical (unpaired) electrons. The number of rotatable bonds is 5. The maximum atomic E-state index is 12.4. The van der Waals surface area contributed by atoms with E-state index in [-0.39, 0.29) is 11.8 Å². The van der Waals surface area contributed by atoms with Gasteiger partial charge < -0.3 is 10.6 Å². The van der Waals surface area contributed by atoms with Crippen molar-refractivity contribution in [3.8, 4) is 0 Å². The number of carbonyl (C=O) groups excluding carboxylic acids is 1. The maximum absolute atomic E-state index is 12.4. The van der Waals surface area contributed by atoms with Crippen LogP contribution < -0.4 is 10.6 Å². The molecule has 3 heteroatoms. The molecule has 116 valence electrons. The van der Waals surface area contributed by atoms with E-state index < -0.39 is 0 Å². The normalized spacial score (nSPS) is 17.8. The number of benzene rings is 1. The zero-order valence-corrected chi connectivity index (χ0v) is 13.6. The highest BCUT2D eigenvalue weighted by Crippen LogP contribution is 2.25. The minimum absolute atomic E-state index is 0.0416. The lowest BCUT2D eigenvalue weighted by molar-refractivity contribution is -0.125. The third-order valence-electron chi connectivity index (χ3n) is 4.62. The largest absolute Gasteiger partial charge is 0.384 e. The topological polar surface area (TPSA) is 41.1 Å². The van der Waals surface area contributed by atoms with Gasteiger partial charge in [-0.1, -0.05) is 45.9 Å². The molecule has 3 nitrogen and oxygen atoms in total. The first-order valence-corrected chi connectivity index (χ1v) is 8.08. The SMILES string of the molecule is CC(C)C(CNC(=O)C1CNc2ccccc2C1)C(C)C. The fourth-order valence-electron chi connectivity index (χ4n) is 3.23. The summed E-state index contributed by atoms with van der Waals surface area (Å²) in [5.74, 6) is 1.95. The van der Waals surface area contributed by atoms with Crippen molar-refractivity contribution in [3.05, 3.63) is 29.8 Å². The summed E-state index contributed by atoms with van der Waals surface area (Å²) in [5.41, 5.74) is 2.41. The van der Waals surface area contributed by atoms with Crippen LogP contribution in [0.1, 0.15) is 33.3 Å². The van der Waals surface area contributed by atoms with Crippen molar-refractivity contribution in [2.24, 2.45) is 23.7 Å². The van der Waals surface area contributed by atoms with E-state index >= 15 is 0 Å². The Labute approximate surface area is 128 Å². The van der Waals surface area contributed by atoms with Gasteiger partial charge in [0.15, 0.2) is 0 Å². The number of fused-ring (bicyclic) bond motifs is 1. The van der Waals surface area contributed by atoms with Crippen LogP contribution >= 0.6 is 0 Å². The van der Waals surface area contributed by atoms with Crippen molar-refractivity contribution in [2.45, 2.75) is 34.1 Å². The monoisotopic (exact) mass is 288 g/mol. The molecule has 0 aliphatic carbocycles. The van der Waals surface area contributed by atoms with Gasteiger partial charge in [-0.3, -0.25) is 4.79 Å². The minimum atomic E-state index is 0.0416. The van der Waals surface area contributed by atoms with E-state index in [1.807, 2.05) is 12.1 Å². The van der Waals surface area contributed by atoms with Crippen LogP contribution in [0.2, 0.25) is 0 Å². The first-order chi connectivity index (χ1) is 9.99. The van der Waals surface area contributed by atoms with Gasteiger partial charge in [0.2, 0.25) is 5.91 Å². The number of anilines is 1. The predicted molar refractivity (Wildman–Crippen MR) is 88.3 cm³/mol. The Balaban J connectivity index is 1.90. The molecule has 1 amide bonds. The van der Waals surface area contributed by atoms with Crippen molar-refractivity contribution >= 4 is 11.6 Å². The number of nitrogens with one attached hydrogen (secondary N) is 2. The molecule has 2 rings (SSSR count). The molecule has 0 bridgehead atoms. The molecule has 1 aliphatic rings. The first kappa shape index (κ1) is 15.9. The van der Waals surface area contributed by atoms with Gasteiger partial charge in [0.05, 0.1) is 5.92 Å². The van der Waals surface area contributed by atoms with Gasteiger partial charge >= 0.3 is 0 Å². The lowest BCUT2D eigenvalue weighted by Crippen LogP contribution is -2.41. The number of amides is 1. The molecule has 0 saturated heterocycles. The molecule has 1 aliphatic heterocycles. The van der Waals surface area contributed by atoms with Crippen LogP contribution in [-0.2, 0) is 11.2 Å². The number of carbonyl (C=O) groups is 1. The smallest absolute Gasteiger partial charge is 0.225 e. The van der Waals surface area contributed by atoms with E-state index in [9.17, 15) is 4.79 Å². The molecule has 1 aromatic rings. The van der Waals surface area contributed by atoms with Gasteiger partial charge in [-0.15, -0.1) is 0 Å². The lowest BCUT2D eigenvalue weighted by Gasteiger charge is -2.28. The summed E-state index contributed by atoms with van der Waals surface area (Å²) in [4.78, 5) is 12.4. The third-order valence-corrected chi connectivity index (χ3v) is 4.62. The van der Waals surface area contributed by atoms with Crippen LogP contribution in [0, 0.1) is 23.7 Å². The average Bonchev–Trinajstić information content (AvgIpc) is 2.46. The second kappa shape index (κ2) is 6.97. The lowest BCUT2D eigenvalue weighted by atomic mass is 9.85. The Morgan fingerprint density at radius 1 is 1.24 bits per heavy atom. The molecular weight excluding hydrogens is 260 g/mol. The van der Waals surface area contributed by atoms with Crippen molar-refractivity contribution in [2.75, 3.05) is 18.4 Å². The second-order valence-corrected chi connectivity index (χ2v) is 6.84. The van der Waals surface area contributed by atoms with Crippen molar-refractivity contribution < 1.29 is 4.79 Å². The molecule has 21 heavy (non-hydrogen) atoms. The van der Waals surface area contributed by atoms with Gasteiger partial charge in [-0.25, -0.2) is 0 Å². The molecule has 0 spiro atoms. The summed E-state index contributed by atoms with van der Waals surface area (Å²) in [5, 5.41) is 6.53. The highest BCUT2D eigenvalue weighted by atomic mass is 16.1. The van der Waals surface area contributed by atoms with Crippen LogP contribution in [0.25, 0.3) is 0 Å². The van der Waals surface area contributed by atoms with Crippen molar-refractivity contribution in [1.82, 2.24) is 5.32 Å². The summed E-state index contributed by atoms with van der Waals surface area (Å²) < 4.78 is 0. The Morgan fingerprint density at radius 3 is 2.57 bits per heavy atom. The van der Waals surface area contributed by atoms with E-state index in [0.29, 0.717) is 17.8 Å². The number of hydrogen-bond acceptors (Lipinski definition) is 2. The van der Waals surface area contributed by atoms with Crippen LogP contribution in [0.15, 0.2) is 24.3 Å². The van der Waals surface area contributed by atoms with E-state index in [1.165, 1.54) is 11.3 Å². The van der Waals surface area contributed by atoms with E-state index in [0.717, 1.165) is 19.5 Å². The fraction of sp³-hybridized carbons (Fsp3) is 0.611. The van der Waals surface area contributed by atoms with Gasteiger partial charge in [-0.2, -0.15) is 0 Å². The van der Waals surface area contributed by atoms with Gasteiger partial charge in [0.25, 0.3) is 0 Å². The molecule has 0 saturated carbocycles. The zero-order valence-electron chi connectivity index (χ0n) is 13.6. The average molecular weight is 288 g/mol. The summed E-state index contributed by atoms with van der Waals surface area (Å²) in [6, 6.07) is 8.25. The molecule has 0 aromatic heterocycles. The highest BCUT2D eigenvalue weighted by molar-refractivity contribution is 5.80. The Kier molecular flexibility index (Phi) is 5.27. The second-order valence-electron chi connectivity index (χ2n) is 6.84. The molecular formula is C18H28N2O. The van der Waals surface area contributed by atoms with Crippen LogP contribution in [0.3, 0.4) is 0 Å². The van der Waals surface area contributed by atoms with E-state index in [1.54, 1.807) is 0 Å². The van der Waals surface area contributed by atoms with Crippen LogP contribution in [0.4, 0.5) is 5.69 Å². The molecule has 1 heterocycles. The van der Waals surface area contributed by atoms with Crippen molar-refractivity contribution in [3.63, 3.8) is 0 Å². The summed E-state index contributed by atoms with van der Waals surface area (Å²) in [7, 11) is 0. The predicted octanol–water partition coefficient (Wildman–Crippen LogP) is 3.32. The van der Waals surface area contributed by atoms with Crippen molar-refractivity contribution in [1.29, 1.82) is 0 Å². The summed E-state index contributed by atoms with van der Waals surface area (Å²) >= 11 is 0. The van der Waals surface area contributed by atoms with Gasteiger partial charge in [-0.05, 0) is 35.8 Å². The van der Waals surface area contributed by atoms with Crippen LogP contribution in [0.5, 0.6) is 0 Å². The van der Waals surface area contributed by atoms with E-state index in [2.05, 4.69) is 50.5 Å². The summed E-state index contributed by atoms with van der Waals surface area (Å²) in [6.45, 7) is 10.4. The zero-order chi connectivity index (χ0) is 15.4. The number of para-hydroxylation sites is 1. The maximum Gasteiger partial charge on any atom is 0.225 e. The molecule has 1 aromatic carbocycles.